The number of hydrogen-bond acceptors (Lipinski definition) is 4. The molecule has 1 saturated heterocycles. The van der Waals surface area contributed by atoms with E-state index in [0.717, 1.165) is 16.8 Å². The van der Waals surface area contributed by atoms with E-state index in [-0.39, 0.29) is 17.5 Å². The largest absolute Gasteiger partial charge is 0.352 e. The molecule has 0 saturated carbocycles. The molecule has 1 N–H and O–H groups in total. The van der Waals surface area contributed by atoms with Gasteiger partial charge in [-0.05, 0) is 66.6 Å². The molecule has 6 rings (SSSR count). The van der Waals surface area contributed by atoms with Crippen LogP contribution in [0.3, 0.4) is 0 Å². The second-order valence-corrected chi connectivity index (χ2v) is 10.1. The van der Waals surface area contributed by atoms with Gasteiger partial charge in [-0.25, -0.2) is 0 Å². The van der Waals surface area contributed by atoms with Gasteiger partial charge >= 0.3 is 0 Å². The summed E-state index contributed by atoms with van der Waals surface area (Å²) in [5.41, 5.74) is 2.09. The lowest BCUT2D eigenvalue weighted by atomic mass is 9.64. The molecule has 174 valence electrons. The van der Waals surface area contributed by atoms with Crippen molar-refractivity contribution >= 4 is 58.1 Å². The van der Waals surface area contributed by atoms with Crippen LogP contribution in [0.5, 0.6) is 0 Å². The molecule has 1 amide bonds. The third-order valence-corrected chi connectivity index (χ3v) is 7.91. The number of nitrogens with zero attached hydrogens (tertiary/aromatic N) is 1. The summed E-state index contributed by atoms with van der Waals surface area (Å²) in [4.78, 5) is 43.5. The Morgan fingerprint density at radius 3 is 2.43 bits per heavy atom. The van der Waals surface area contributed by atoms with E-state index in [1.54, 1.807) is 30.3 Å². The van der Waals surface area contributed by atoms with E-state index in [9.17, 15) is 14.4 Å². The van der Waals surface area contributed by atoms with Gasteiger partial charge in [0.05, 0.1) is 18.0 Å². The van der Waals surface area contributed by atoms with Crippen molar-refractivity contribution in [3.05, 3.63) is 99.5 Å². The zero-order chi connectivity index (χ0) is 24.5. The van der Waals surface area contributed by atoms with Crippen molar-refractivity contribution in [3.8, 4) is 0 Å². The third-order valence-electron chi connectivity index (χ3n) is 7.42. The van der Waals surface area contributed by atoms with Crippen molar-refractivity contribution in [1.82, 2.24) is 0 Å². The minimum absolute atomic E-state index is 0.187. The Morgan fingerprint density at radius 2 is 1.69 bits per heavy atom. The molecule has 1 unspecified atom stereocenters. The van der Waals surface area contributed by atoms with Crippen LogP contribution in [0.25, 0.3) is 6.08 Å². The number of nitrogens with one attached hydrogen (secondary N) is 1. The molecule has 1 fully saturated rings. The Morgan fingerprint density at radius 1 is 0.971 bits per heavy atom. The summed E-state index contributed by atoms with van der Waals surface area (Å²) in [5, 5.41) is 4.06. The van der Waals surface area contributed by atoms with Gasteiger partial charge in [0.1, 0.15) is 5.41 Å². The first kappa shape index (κ1) is 22.1. The predicted octanol–water partition coefficient (Wildman–Crippen LogP) is 5.56. The van der Waals surface area contributed by atoms with Gasteiger partial charge in [-0.2, -0.15) is 0 Å². The maximum atomic E-state index is 14.3. The number of para-hydroxylation sites is 1. The molecular weight excluding hydrogens is 483 g/mol. The molecule has 0 radical (unpaired) electrons. The van der Waals surface area contributed by atoms with Crippen LogP contribution in [0.4, 0.5) is 11.4 Å². The van der Waals surface area contributed by atoms with Crippen molar-refractivity contribution in [2.45, 2.75) is 24.4 Å². The fourth-order valence-corrected chi connectivity index (χ4v) is 6.40. The van der Waals surface area contributed by atoms with Crippen molar-refractivity contribution in [2.75, 3.05) is 10.2 Å². The summed E-state index contributed by atoms with van der Waals surface area (Å²) in [6.45, 7) is 1.48. The maximum Gasteiger partial charge on any atom is 0.238 e. The topological polar surface area (TPSA) is 66.5 Å². The Labute approximate surface area is 212 Å². The number of hydrogen-bond donors (Lipinski definition) is 1. The molecule has 1 spiro atoms. The molecule has 3 heterocycles. The summed E-state index contributed by atoms with van der Waals surface area (Å²) < 4.78 is 0. The van der Waals surface area contributed by atoms with Crippen LogP contribution >= 0.6 is 23.2 Å². The smallest absolute Gasteiger partial charge is 0.238 e. The molecule has 0 bridgehead atoms. The SMILES string of the molecule is CC(=O)[C@@H]1[C@H](C(=O)c2ccc(Cl)cc2)[C@@]2(C(=O)Nc3ccccc32)C2C=Cc3cc(Cl)ccc3N21. The summed E-state index contributed by atoms with van der Waals surface area (Å²) in [5.74, 6) is -1.70. The minimum atomic E-state index is -1.29. The first-order valence-electron chi connectivity index (χ1n) is 11.3. The number of amides is 1. The number of ketones is 2. The van der Waals surface area contributed by atoms with Gasteiger partial charge in [0.25, 0.3) is 0 Å². The van der Waals surface area contributed by atoms with Crippen LogP contribution < -0.4 is 10.2 Å². The molecule has 0 aliphatic carbocycles. The number of halogens is 2. The highest BCUT2D eigenvalue weighted by Gasteiger charge is 2.69. The van der Waals surface area contributed by atoms with Gasteiger partial charge in [-0.15, -0.1) is 0 Å². The lowest BCUT2D eigenvalue weighted by Gasteiger charge is -2.37. The van der Waals surface area contributed by atoms with Gasteiger partial charge in [0, 0.05) is 27.0 Å². The zero-order valence-electron chi connectivity index (χ0n) is 18.7. The predicted molar refractivity (Wildman–Crippen MR) is 137 cm³/mol. The number of fused-ring (bicyclic) bond motifs is 6. The number of benzene rings is 3. The minimum Gasteiger partial charge on any atom is -0.352 e. The molecule has 3 aromatic carbocycles. The molecule has 0 aromatic heterocycles. The quantitative estimate of drug-likeness (QED) is 0.476. The van der Waals surface area contributed by atoms with E-state index in [1.807, 2.05) is 53.5 Å². The van der Waals surface area contributed by atoms with Crippen LogP contribution in [-0.2, 0) is 15.0 Å². The highest BCUT2D eigenvalue weighted by Crippen LogP contribution is 2.57. The second-order valence-electron chi connectivity index (χ2n) is 9.19. The Hall–Kier alpha value is -3.41. The summed E-state index contributed by atoms with van der Waals surface area (Å²) >= 11 is 12.3. The molecule has 3 aliphatic rings. The number of carbonyl (C=O) groups excluding carboxylic acids is 3. The van der Waals surface area contributed by atoms with Gasteiger partial charge < -0.3 is 10.2 Å². The maximum absolute atomic E-state index is 14.3. The third kappa shape index (κ3) is 2.98. The van der Waals surface area contributed by atoms with Crippen molar-refractivity contribution in [1.29, 1.82) is 0 Å². The van der Waals surface area contributed by atoms with Crippen molar-refractivity contribution < 1.29 is 14.4 Å². The standard InChI is InChI=1S/C28H20Cl2N2O3/c1-15(33)25-24(26(34)16-6-9-18(29)10-7-16)28(20-4-2-3-5-21(20)31-27(28)35)23-13-8-17-14-19(30)11-12-22(17)32(23)25/h2-14,23-25H,1H3,(H,31,35)/t23?,24-,25-,28+/m1/s1. The van der Waals surface area contributed by atoms with E-state index in [0.29, 0.717) is 21.3 Å². The lowest BCUT2D eigenvalue weighted by molar-refractivity contribution is -0.122. The number of Topliss-reactive ketones (excluding diaryl/α,β-unsaturated/α-hetero) is 2. The monoisotopic (exact) mass is 502 g/mol. The fraction of sp³-hybridized carbons (Fsp3) is 0.179. The average Bonchev–Trinajstić information content (AvgIpc) is 3.32. The van der Waals surface area contributed by atoms with E-state index in [2.05, 4.69) is 5.32 Å². The van der Waals surface area contributed by atoms with Gasteiger partial charge in [0.15, 0.2) is 11.6 Å². The normalized spacial score (nSPS) is 25.7. The first-order chi connectivity index (χ1) is 16.8. The van der Waals surface area contributed by atoms with Gasteiger partial charge in [0.2, 0.25) is 5.91 Å². The van der Waals surface area contributed by atoms with E-state index >= 15 is 0 Å². The number of anilines is 2. The number of carbonyl (C=O) groups is 3. The molecule has 5 nitrogen and oxygen atoms in total. The van der Waals surface area contributed by atoms with Gasteiger partial charge in [-0.1, -0.05) is 53.6 Å². The van der Waals surface area contributed by atoms with Crippen LogP contribution in [0, 0.1) is 5.92 Å². The molecule has 3 aromatic rings. The summed E-state index contributed by atoms with van der Waals surface area (Å²) in [6, 6.07) is 18.0. The Kier molecular flexibility index (Phi) is 4.92. The van der Waals surface area contributed by atoms with Crippen LogP contribution in [0.2, 0.25) is 10.0 Å². The van der Waals surface area contributed by atoms with E-state index in [4.69, 9.17) is 23.2 Å². The zero-order valence-corrected chi connectivity index (χ0v) is 20.2. The fourth-order valence-electron chi connectivity index (χ4n) is 6.10. The van der Waals surface area contributed by atoms with Gasteiger partial charge in [-0.3, -0.25) is 14.4 Å². The second kappa shape index (κ2) is 7.80. The van der Waals surface area contributed by atoms with Crippen LogP contribution in [-0.4, -0.2) is 29.6 Å². The van der Waals surface area contributed by atoms with E-state index < -0.39 is 23.4 Å². The molecule has 7 heteroatoms. The average molecular weight is 503 g/mol. The highest BCUT2D eigenvalue weighted by molar-refractivity contribution is 6.31. The van der Waals surface area contributed by atoms with E-state index in [1.165, 1.54) is 6.92 Å². The molecular formula is C28H20Cl2N2O3. The number of rotatable bonds is 3. The Bertz CT molecular complexity index is 1450. The molecule has 35 heavy (non-hydrogen) atoms. The van der Waals surface area contributed by atoms with Crippen LogP contribution in [0.15, 0.2) is 72.8 Å². The van der Waals surface area contributed by atoms with Crippen LogP contribution in [0.1, 0.15) is 28.4 Å². The lowest BCUT2D eigenvalue weighted by Crippen LogP contribution is -2.51. The molecule has 3 aliphatic heterocycles. The Balaban J connectivity index is 1.65. The highest BCUT2D eigenvalue weighted by atomic mass is 35.5. The van der Waals surface area contributed by atoms with Crippen molar-refractivity contribution in [2.24, 2.45) is 5.92 Å². The van der Waals surface area contributed by atoms with Crippen molar-refractivity contribution in [3.63, 3.8) is 0 Å². The first-order valence-corrected chi connectivity index (χ1v) is 12.1. The summed E-state index contributed by atoms with van der Waals surface area (Å²) in [7, 11) is 0. The molecule has 4 atom stereocenters. The summed E-state index contributed by atoms with van der Waals surface area (Å²) in [6.07, 6.45) is 3.84.